The third-order valence-electron chi connectivity index (χ3n) is 3.05. The van der Waals surface area contributed by atoms with Gasteiger partial charge in [-0.15, -0.1) is 0 Å². The predicted molar refractivity (Wildman–Crippen MR) is 58.6 cm³/mol. The summed E-state index contributed by atoms with van der Waals surface area (Å²) < 4.78 is 1.17. The molecule has 1 saturated carbocycles. The van der Waals surface area contributed by atoms with Gasteiger partial charge in [-0.1, -0.05) is 28.1 Å². The van der Waals surface area contributed by atoms with Crippen LogP contribution >= 0.6 is 15.9 Å². The first kappa shape index (κ1) is 9.22. The minimum Gasteiger partial charge on any atom is -0.321 e. The summed E-state index contributed by atoms with van der Waals surface area (Å²) in [5.41, 5.74) is 8.85. The van der Waals surface area contributed by atoms with Crippen molar-refractivity contribution in [1.82, 2.24) is 0 Å². The molecule has 1 aliphatic carbocycles. The van der Waals surface area contributed by atoms with Crippen LogP contribution in [0.25, 0.3) is 0 Å². The van der Waals surface area contributed by atoms with Gasteiger partial charge < -0.3 is 5.73 Å². The summed E-state index contributed by atoms with van der Waals surface area (Å²) in [6.07, 6.45) is 3.52. The fraction of sp³-hybridized carbons (Fsp3) is 0.455. The van der Waals surface area contributed by atoms with Gasteiger partial charge in [0.25, 0.3) is 0 Å². The maximum Gasteiger partial charge on any atom is 0.0412 e. The van der Waals surface area contributed by atoms with Crippen LogP contribution in [0, 0.1) is 6.92 Å². The Labute approximate surface area is 87.5 Å². The molecule has 0 heterocycles. The quantitative estimate of drug-likeness (QED) is 0.801. The van der Waals surface area contributed by atoms with E-state index in [0.29, 0.717) is 0 Å². The van der Waals surface area contributed by atoms with Gasteiger partial charge in [-0.3, -0.25) is 0 Å². The number of benzene rings is 1. The van der Waals surface area contributed by atoms with E-state index in [-0.39, 0.29) is 5.54 Å². The van der Waals surface area contributed by atoms with Crippen LogP contribution in [0.2, 0.25) is 0 Å². The lowest BCUT2D eigenvalue weighted by atomic mass is 9.71. The van der Waals surface area contributed by atoms with Crippen molar-refractivity contribution in [3.8, 4) is 0 Å². The Hall–Kier alpha value is -0.340. The Balaban J connectivity index is 2.45. The van der Waals surface area contributed by atoms with Gasteiger partial charge in [0.05, 0.1) is 0 Å². The molecule has 1 aromatic carbocycles. The Morgan fingerprint density at radius 1 is 1.38 bits per heavy atom. The first-order chi connectivity index (χ1) is 6.13. The summed E-state index contributed by atoms with van der Waals surface area (Å²) in [6.45, 7) is 2.13. The van der Waals surface area contributed by atoms with Crippen molar-refractivity contribution in [1.29, 1.82) is 0 Å². The molecule has 1 fully saturated rings. The molecule has 1 nitrogen and oxygen atoms in total. The minimum atomic E-state index is -0.0339. The van der Waals surface area contributed by atoms with Gasteiger partial charge >= 0.3 is 0 Å². The normalized spacial score (nSPS) is 19.6. The minimum absolute atomic E-state index is 0.0339. The highest BCUT2D eigenvalue weighted by Gasteiger charge is 2.35. The third-order valence-corrected chi connectivity index (χ3v) is 3.91. The van der Waals surface area contributed by atoms with E-state index >= 15 is 0 Å². The van der Waals surface area contributed by atoms with Crippen molar-refractivity contribution in [3.63, 3.8) is 0 Å². The molecule has 0 unspecified atom stereocenters. The lowest BCUT2D eigenvalue weighted by Crippen LogP contribution is -2.43. The first-order valence-corrected chi connectivity index (χ1v) is 5.47. The zero-order chi connectivity index (χ0) is 9.47. The molecular formula is C11H14BrN. The lowest BCUT2D eigenvalue weighted by Gasteiger charge is -2.39. The molecule has 2 N–H and O–H groups in total. The van der Waals surface area contributed by atoms with Crippen LogP contribution in [0.15, 0.2) is 22.7 Å². The topological polar surface area (TPSA) is 26.0 Å². The van der Waals surface area contributed by atoms with E-state index in [0.717, 1.165) is 12.8 Å². The molecule has 13 heavy (non-hydrogen) atoms. The molecule has 0 radical (unpaired) electrons. The number of hydrogen-bond acceptors (Lipinski definition) is 1. The van der Waals surface area contributed by atoms with Gasteiger partial charge in [-0.25, -0.2) is 0 Å². The van der Waals surface area contributed by atoms with Crippen LogP contribution in [0.4, 0.5) is 0 Å². The maximum absolute atomic E-state index is 6.27. The smallest absolute Gasteiger partial charge is 0.0412 e. The van der Waals surface area contributed by atoms with Crippen LogP contribution in [-0.4, -0.2) is 0 Å². The van der Waals surface area contributed by atoms with E-state index in [2.05, 4.69) is 41.1 Å². The molecule has 1 aliphatic rings. The van der Waals surface area contributed by atoms with Crippen molar-refractivity contribution < 1.29 is 0 Å². The number of rotatable bonds is 1. The van der Waals surface area contributed by atoms with E-state index in [1.54, 1.807) is 0 Å². The van der Waals surface area contributed by atoms with E-state index in [1.165, 1.54) is 22.0 Å². The second-order valence-electron chi connectivity index (χ2n) is 3.92. The van der Waals surface area contributed by atoms with Crippen LogP contribution in [-0.2, 0) is 5.54 Å². The van der Waals surface area contributed by atoms with Gasteiger partial charge in [0.15, 0.2) is 0 Å². The summed E-state index contributed by atoms with van der Waals surface area (Å²) >= 11 is 3.54. The SMILES string of the molecule is Cc1c(Br)cccc1C1(N)CCC1. The van der Waals surface area contributed by atoms with Crippen molar-refractivity contribution in [2.45, 2.75) is 31.7 Å². The Morgan fingerprint density at radius 2 is 2.08 bits per heavy atom. The molecule has 0 spiro atoms. The highest BCUT2D eigenvalue weighted by molar-refractivity contribution is 9.10. The standard InChI is InChI=1S/C11H14BrN/c1-8-9(4-2-5-10(8)12)11(13)6-3-7-11/h2,4-5H,3,6-7,13H2,1H3. The van der Waals surface area contributed by atoms with Crippen LogP contribution < -0.4 is 5.73 Å². The van der Waals surface area contributed by atoms with Crippen LogP contribution in [0.3, 0.4) is 0 Å². The lowest BCUT2D eigenvalue weighted by molar-refractivity contribution is 0.252. The largest absolute Gasteiger partial charge is 0.321 e. The summed E-state index contributed by atoms with van der Waals surface area (Å²) in [4.78, 5) is 0. The van der Waals surface area contributed by atoms with E-state index in [9.17, 15) is 0 Å². The number of halogens is 1. The number of hydrogen-bond donors (Lipinski definition) is 1. The average Bonchev–Trinajstić information content (AvgIpc) is 2.06. The second kappa shape index (κ2) is 3.10. The molecule has 0 saturated heterocycles. The predicted octanol–water partition coefficient (Wildman–Crippen LogP) is 3.10. The van der Waals surface area contributed by atoms with Gasteiger partial charge in [-0.2, -0.15) is 0 Å². The molecule has 0 amide bonds. The zero-order valence-corrected chi connectivity index (χ0v) is 9.39. The molecule has 70 valence electrons. The van der Waals surface area contributed by atoms with Crippen molar-refractivity contribution in [3.05, 3.63) is 33.8 Å². The number of nitrogens with two attached hydrogens (primary N) is 1. The summed E-state index contributed by atoms with van der Waals surface area (Å²) in [6, 6.07) is 6.29. The van der Waals surface area contributed by atoms with Gasteiger partial charge in [0.1, 0.15) is 0 Å². The van der Waals surface area contributed by atoms with E-state index < -0.39 is 0 Å². The Morgan fingerprint density at radius 3 is 2.62 bits per heavy atom. The summed E-state index contributed by atoms with van der Waals surface area (Å²) in [5.74, 6) is 0. The Bertz CT molecular complexity index is 329. The van der Waals surface area contributed by atoms with Crippen LogP contribution in [0.1, 0.15) is 30.4 Å². The molecule has 0 aromatic heterocycles. The fourth-order valence-electron chi connectivity index (χ4n) is 1.97. The maximum atomic E-state index is 6.27. The molecule has 1 aromatic rings. The molecule has 0 bridgehead atoms. The third kappa shape index (κ3) is 1.42. The van der Waals surface area contributed by atoms with Crippen molar-refractivity contribution >= 4 is 15.9 Å². The molecule has 0 aliphatic heterocycles. The molecular weight excluding hydrogens is 226 g/mol. The van der Waals surface area contributed by atoms with E-state index in [1.807, 2.05) is 0 Å². The fourth-order valence-corrected chi connectivity index (χ4v) is 2.34. The van der Waals surface area contributed by atoms with Gasteiger partial charge in [-0.05, 0) is 43.4 Å². The average molecular weight is 240 g/mol. The molecule has 2 heteroatoms. The second-order valence-corrected chi connectivity index (χ2v) is 4.78. The monoisotopic (exact) mass is 239 g/mol. The molecule has 2 rings (SSSR count). The molecule has 0 atom stereocenters. The van der Waals surface area contributed by atoms with Crippen molar-refractivity contribution in [2.24, 2.45) is 5.73 Å². The Kier molecular flexibility index (Phi) is 2.20. The van der Waals surface area contributed by atoms with Gasteiger partial charge in [0, 0.05) is 10.0 Å². The highest BCUT2D eigenvalue weighted by Crippen LogP contribution is 2.41. The van der Waals surface area contributed by atoms with E-state index in [4.69, 9.17) is 5.73 Å². The zero-order valence-electron chi connectivity index (χ0n) is 7.81. The highest BCUT2D eigenvalue weighted by atomic mass is 79.9. The first-order valence-electron chi connectivity index (χ1n) is 4.68. The van der Waals surface area contributed by atoms with Gasteiger partial charge in [0.2, 0.25) is 0 Å². The van der Waals surface area contributed by atoms with Crippen LogP contribution in [0.5, 0.6) is 0 Å². The summed E-state index contributed by atoms with van der Waals surface area (Å²) in [5, 5.41) is 0. The van der Waals surface area contributed by atoms with Crippen molar-refractivity contribution in [2.75, 3.05) is 0 Å². The summed E-state index contributed by atoms with van der Waals surface area (Å²) in [7, 11) is 0.